The van der Waals surface area contributed by atoms with E-state index in [2.05, 4.69) is 9.88 Å². The second-order valence-corrected chi connectivity index (χ2v) is 6.84. The van der Waals surface area contributed by atoms with Crippen molar-refractivity contribution in [2.75, 3.05) is 31.1 Å². The van der Waals surface area contributed by atoms with E-state index in [0.717, 1.165) is 25.3 Å². The van der Waals surface area contributed by atoms with Crippen LogP contribution in [0.15, 0.2) is 36.5 Å². The number of carboxylic acids is 1. The van der Waals surface area contributed by atoms with Crippen molar-refractivity contribution in [2.24, 2.45) is 23.7 Å². The Bertz CT molecular complexity index is 667. The van der Waals surface area contributed by atoms with E-state index in [0.29, 0.717) is 13.1 Å². The number of carboxylic acid groups (broad SMARTS) is 1. The molecule has 0 unspecified atom stereocenters. The van der Waals surface area contributed by atoms with Crippen LogP contribution in [0.1, 0.15) is 6.42 Å². The van der Waals surface area contributed by atoms with Gasteiger partial charge in [0.1, 0.15) is 5.82 Å². The highest BCUT2D eigenvalue weighted by Gasteiger charge is 2.52. The number of piperazine rings is 1. The van der Waals surface area contributed by atoms with Gasteiger partial charge in [-0.25, -0.2) is 4.98 Å². The monoisotopic (exact) mass is 327 g/mol. The van der Waals surface area contributed by atoms with E-state index in [1.807, 2.05) is 35.3 Å². The number of anilines is 1. The Morgan fingerprint density at radius 2 is 1.75 bits per heavy atom. The lowest BCUT2D eigenvalue weighted by molar-refractivity contribution is -0.151. The molecule has 2 bridgehead atoms. The minimum absolute atomic E-state index is 0.0138. The molecule has 1 N–H and O–H groups in total. The molecule has 6 nitrogen and oxygen atoms in total. The normalized spacial score (nSPS) is 31.5. The first-order valence-electron chi connectivity index (χ1n) is 8.51. The number of aliphatic carboxylic acids is 1. The van der Waals surface area contributed by atoms with Gasteiger partial charge in [-0.05, 0) is 30.4 Å². The van der Waals surface area contributed by atoms with Crippen LogP contribution in [0, 0.1) is 23.7 Å². The lowest BCUT2D eigenvalue weighted by atomic mass is 9.82. The van der Waals surface area contributed by atoms with Gasteiger partial charge in [0.15, 0.2) is 0 Å². The zero-order valence-electron chi connectivity index (χ0n) is 13.4. The number of aromatic nitrogens is 1. The standard InChI is InChI=1S/C18H21N3O3/c22-17(15-12-4-5-13(11-12)16(15)18(23)24)21-9-7-20(8-10-21)14-3-1-2-6-19-14/h1-6,12-13,15-16H,7-11H2,(H,23,24)/t12-,13-,15-,16+/m0/s1. The van der Waals surface area contributed by atoms with E-state index in [4.69, 9.17) is 0 Å². The van der Waals surface area contributed by atoms with Gasteiger partial charge in [-0.1, -0.05) is 18.2 Å². The summed E-state index contributed by atoms with van der Waals surface area (Å²) in [5.74, 6) is -0.720. The minimum Gasteiger partial charge on any atom is -0.481 e. The molecule has 3 aliphatic rings. The molecule has 2 heterocycles. The van der Waals surface area contributed by atoms with E-state index >= 15 is 0 Å². The number of pyridine rings is 1. The SMILES string of the molecule is O=C(O)[C@H]1[C@@H](C(=O)N2CCN(c3ccccn3)CC2)[C@H]2C=C[C@H]1C2. The van der Waals surface area contributed by atoms with Gasteiger partial charge in [-0.15, -0.1) is 0 Å². The van der Waals surface area contributed by atoms with Crippen molar-refractivity contribution < 1.29 is 14.7 Å². The number of allylic oxidation sites excluding steroid dienone is 2. The second kappa shape index (κ2) is 5.92. The number of rotatable bonds is 3. The number of carbonyl (C=O) groups excluding carboxylic acids is 1. The maximum atomic E-state index is 12.9. The second-order valence-electron chi connectivity index (χ2n) is 6.84. The number of nitrogens with zero attached hydrogens (tertiary/aromatic N) is 3. The van der Waals surface area contributed by atoms with E-state index in [1.165, 1.54) is 0 Å². The van der Waals surface area contributed by atoms with Gasteiger partial charge in [-0.2, -0.15) is 0 Å². The predicted molar refractivity (Wildman–Crippen MR) is 88.4 cm³/mol. The number of carbonyl (C=O) groups is 2. The van der Waals surface area contributed by atoms with Crippen LogP contribution in [-0.4, -0.2) is 53.0 Å². The Labute approximate surface area is 140 Å². The van der Waals surface area contributed by atoms with Crippen molar-refractivity contribution in [3.8, 4) is 0 Å². The summed E-state index contributed by atoms with van der Waals surface area (Å²) in [6, 6.07) is 5.82. The summed E-state index contributed by atoms with van der Waals surface area (Å²) >= 11 is 0. The fourth-order valence-corrected chi connectivity index (χ4v) is 4.40. The van der Waals surface area contributed by atoms with E-state index in [9.17, 15) is 14.7 Å². The molecule has 2 fully saturated rings. The zero-order chi connectivity index (χ0) is 16.7. The largest absolute Gasteiger partial charge is 0.481 e. The molecule has 1 aromatic heterocycles. The Morgan fingerprint density at radius 1 is 1.04 bits per heavy atom. The Hall–Kier alpha value is -2.37. The van der Waals surface area contributed by atoms with Gasteiger partial charge in [0.05, 0.1) is 11.8 Å². The van der Waals surface area contributed by atoms with Gasteiger partial charge in [-0.3, -0.25) is 9.59 Å². The molecule has 0 aromatic carbocycles. The lowest BCUT2D eigenvalue weighted by Gasteiger charge is -2.38. The third kappa shape index (κ3) is 2.46. The quantitative estimate of drug-likeness (QED) is 0.846. The summed E-state index contributed by atoms with van der Waals surface area (Å²) in [4.78, 5) is 32.9. The highest BCUT2D eigenvalue weighted by atomic mass is 16.4. The molecule has 24 heavy (non-hydrogen) atoms. The number of amides is 1. The first-order valence-corrected chi connectivity index (χ1v) is 8.51. The maximum absolute atomic E-state index is 12.9. The average Bonchev–Trinajstić information content (AvgIpc) is 3.23. The minimum atomic E-state index is -0.836. The summed E-state index contributed by atoms with van der Waals surface area (Å²) in [6.45, 7) is 2.72. The Kier molecular flexibility index (Phi) is 3.75. The van der Waals surface area contributed by atoms with Crippen molar-refractivity contribution in [1.29, 1.82) is 0 Å². The third-order valence-electron chi connectivity index (χ3n) is 5.59. The molecular weight excluding hydrogens is 306 g/mol. The van der Waals surface area contributed by atoms with Crippen LogP contribution < -0.4 is 4.90 Å². The fourth-order valence-electron chi connectivity index (χ4n) is 4.40. The van der Waals surface area contributed by atoms with Gasteiger partial charge >= 0.3 is 5.97 Å². The van der Waals surface area contributed by atoms with Crippen molar-refractivity contribution in [3.05, 3.63) is 36.5 Å². The van der Waals surface area contributed by atoms with Crippen LogP contribution in [0.5, 0.6) is 0 Å². The van der Waals surface area contributed by atoms with Crippen molar-refractivity contribution in [3.63, 3.8) is 0 Å². The Morgan fingerprint density at radius 3 is 2.38 bits per heavy atom. The van der Waals surface area contributed by atoms with E-state index in [-0.39, 0.29) is 23.7 Å². The summed E-state index contributed by atoms with van der Waals surface area (Å²) < 4.78 is 0. The molecule has 6 heteroatoms. The summed E-state index contributed by atoms with van der Waals surface area (Å²) in [6.07, 6.45) is 6.59. The van der Waals surface area contributed by atoms with Gasteiger partial charge in [0.25, 0.3) is 0 Å². The first kappa shape index (κ1) is 15.2. The third-order valence-corrected chi connectivity index (χ3v) is 5.59. The molecule has 1 aromatic rings. The molecule has 0 spiro atoms. The highest BCUT2D eigenvalue weighted by molar-refractivity contribution is 5.87. The predicted octanol–water partition coefficient (Wildman–Crippen LogP) is 1.25. The number of hydrogen-bond donors (Lipinski definition) is 1. The molecule has 4 atom stereocenters. The van der Waals surface area contributed by atoms with Crippen LogP contribution in [-0.2, 0) is 9.59 Å². The van der Waals surface area contributed by atoms with Crippen LogP contribution in [0.3, 0.4) is 0 Å². The number of fused-ring (bicyclic) bond motifs is 2. The van der Waals surface area contributed by atoms with Gasteiger partial charge < -0.3 is 14.9 Å². The highest BCUT2D eigenvalue weighted by Crippen LogP contribution is 2.48. The van der Waals surface area contributed by atoms with Crippen LogP contribution in [0.4, 0.5) is 5.82 Å². The molecule has 0 radical (unpaired) electrons. The van der Waals surface area contributed by atoms with Crippen molar-refractivity contribution in [2.45, 2.75) is 6.42 Å². The molecule has 1 saturated heterocycles. The molecular formula is C18H21N3O3. The summed E-state index contributed by atoms with van der Waals surface area (Å²) in [5, 5.41) is 9.52. The maximum Gasteiger partial charge on any atom is 0.307 e. The van der Waals surface area contributed by atoms with Crippen LogP contribution in [0.2, 0.25) is 0 Å². The average molecular weight is 327 g/mol. The first-order chi connectivity index (χ1) is 11.6. The van der Waals surface area contributed by atoms with Gasteiger partial charge in [0, 0.05) is 32.4 Å². The summed E-state index contributed by atoms with van der Waals surface area (Å²) in [5.41, 5.74) is 0. The molecule has 1 aliphatic heterocycles. The molecule has 2 aliphatic carbocycles. The molecule has 1 amide bonds. The lowest BCUT2D eigenvalue weighted by Crippen LogP contribution is -2.52. The van der Waals surface area contributed by atoms with Crippen molar-refractivity contribution >= 4 is 17.7 Å². The summed E-state index contributed by atoms with van der Waals surface area (Å²) in [7, 11) is 0. The van der Waals surface area contributed by atoms with Gasteiger partial charge in [0.2, 0.25) is 5.91 Å². The van der Waals surface area contributed by atoms with E-state index in [1.54, 1.807) is 6.20 Å². The van der Waals surface area contributed by atoms with Crippen LogP contribution in [0.25, 0.3) is 0 Å². The van der Waals surface area contributed by atoms with Crippen molar-refractivity contribution in [1.82, 2.24) is 9.88 Å². The molecule has 1 saturated carbocycles. The van der Waals surface area contributed by atoms with Crippen LogP contribution >= 0.6 is 0 Å². The molecule has 4 rings (SSSR count). The zero-order valence-corrected chi connectivity index (χ0v) is 13.4. The molecule has 126 valence electrons. The fraction of sp³-hybridized carbons (Fsp3) is 0.500. The number of hydrogen-bond acceptors (Lipinski definition) is 4. The Balaban J connectivity index is 1.43. The van der Waals surface area contributed by atoms with E-state index < -0.39 is 11.9 Å². The smallest absolute Gasteiger partial charge is 0.307 e. The topological polar surface area (TPSA) is 73.7 Å².